The molecular formula is C25H28N2O4. The first kappa shape index (κ1) is 21.1. The van der Waals surface area contributed by atoms with Gasteiger partial charge in [-0.25, -0.2) is 4.98 Å². The van der Waals surface area contributed by atoms with Crippen molar-refractivity contribution in [2.75, 3.05) is 6.54 Å². The fourth-order valence-electron chi connectivity index (χ4n) is 3.92. The van der Waals surface area contributed by atoms with Gasteiger partial charge in [-0.1, -0.05) is 36.2 Å². The molecule has 0 spiro atoms. The number of aromatic nitrogens is 1. The monoisotopic (exact) mass is 420 g/mol. The minimum absolute atomic E-state index is 0.327. The largest absolute Gasteiger partial charge is 0.487 e. The Hall–Kier alpha value is -3.12. The predicted molar refractivity (Wildman–Crippen MR) is 118 cm³/mol. The summed E-state index contributed by atoms with van der Waals surface area (Å²) in [7, 11) is 0. The van der Waals surface area contributed by atoms with E-state index in [9.17, 15) is 9.90 Å². The molecule has 4 rings (SSSR count). The van der Waals surface area contributed by atoms with E-state index >= 15 is 0 Å². The molecule has 2 aromatic carbocycles. The van der Waals surface area contributed by atoms with E-state index in [-0.39, 0.29) is 6.04 Å². The first-order valence-electron chi connectivity index (χ1n) is 10.7. The molecule has 0 amide bonds. The zero-order chi connectivity index (χ0) is 21.8. The highest BCUT2D eigenvalue weighted by atomic mass is 16.5. The average molecular weight is 421 g/mol. The second-order valence-corrected chi connectivity index (χ2v) is 8.14. The standard InChI is InChI=1S/C25H28N2O4/c1-17-6-10-20(11-7-17)24-26-22(18(2)31-24)16-30-21-12-8-19(9-13-21)15-27-14-4-3-5-23(27)25(28)29/h6-13,23H,3-5,14-16H2,1-2H3,(H,28,29)/t23-/m0/s1. The van der Waals surface area contributed by atoms with Crippen LogP contribution in [0.25, 0.3) is 11.5 Å². The molecule has 1 fully saturated rings. The number of benzene rings is 2. The third-order valence-electron chi connectivity index (χ3n) is 5.77. The van der Waals surface area contributed by atoms with Crippen LogP contribution in [0.2, 0.25) is 0 Å². The van der Waals surface area contributed by atoms with Crippen LogP contribution in [0.15, 0.2) is 52.9 Å². The molecule has 0 bridgehead atoms. The van der Waals surface area contributed by atoms with E-state index in [4.69, 9.17) is 9.15 Å². The van der Waals surface area contributed by atoms with Gasteiger partial charge in [-0.3, -0.25) is 9.69 Å². The SMILES string of the molecule is Cc1ccc(-c2nc(COc3ccc(CN4CCCC[C@H]4C(=O)O)cc3)c(C)o2)cc1. The van der Waals surface area contributed by atoms with Crippen LogP contribution in [0, 0.1) is 13.8 Å². The quantitative estimate of drug-likeness (QED) is 0.581. The molecule has 1 aliphatic rings. The molecule has 6 heteroatoms. The van der Waals surface area contributed by atoms with Gasteiger partial charge in [0.05, 0.1) is 0 Å². The molecule has 1 aromatic heterocycles. The number of ether oxygens (including phenoxy) is 1. The Labute approximate surface area is 182 Å². The molecule has 2 heterocycles. The summed E-state index contributed by atoms with van der Waals surface area (Å²) in [6, 6.07) is 15.5. The van der Waals surface area contributed by atoms with E-state index in [0.29, 0.717) is 19.0 Å². The number of nitrogens with zero attached hydrogens (tertiary/aromatic N) is 2. The number of likely N-dealkylation sites (tertiary alicyclic amines) is 1. The van der Waals surface area contributed by atoms with Crippen LogP contribution in [0.3, 0.4) is 0 Å². The van der Waals surface area contributed by atoms with Crippen molar-refractivity contribution < 1.29 is 19.1 Å². The second-order valence-electron chi connectivity index (χ2n) is 8.14. The van der Waals surface area contributed by atoms with Crippen molar-refractivity contribution in [3.63, 3.8) is 0 Å². The Morgan fingerprint density at radius 3 is 2.58 bits per heavy atom. The van der Waals surface area contributed by atoms with Gasteiger partial charge >= 0.3 is 5.97 Å². The number of hydrogen-bond acceptors (Lipinski definition) is 5. The van der Waals surface area contributed by atoms with Crippen LogP contribution in [0.1, 0.15) is 41.8 Å². The normalized spacial score (nSPS) is 16.9. The molecular weight excluding hydrogens is 392 g/mol. The Morgan fingerprint density at radius 2 is 1.87 bits per heavy atom. The van der Waals surface area contributed by atoms with Crippen molar-refractivity contribution in [1.82, 2.24) is 9.88 Å². The van der Waals surface area contributed by atoms with Crippen LogP contribution >= 0.6 is 0 Å². The van der Waals surface area contributed by atoms with Crippen LogP contribution < -0.4 is 4.74 Å². The fraction of sp³-hybridized carbons (Fsp3) is 0.360. The molecule has 3 aromatic rings. The molecule has 1 N–H and O–H groups in total. The van der Waals surface area contributed by atoms with E-state index < -0.39 is 5.97 Å². The summed E-state index contributed by atoms with van der Waals surface area (Å²) in [6.07, 6.45) is 2.75. The predicted octanol–water partition coefficient (Wildman–Crippen LogP) is 4.98. The van der Waals surface area contributed by atoms with Crippen molar-refractivity contribution in [1.29, 1.82) is 0 Å². The van der Waals surface area contributed by atoms with Gasteiger partial charge in [0.2, 0.25) is 5.89 Å². The average Bonchev–Trinajstić information content (AvgIpc) is 3.14. The molecule has 0 radical (unpaired) electrons. The third-order valence-corrected chi connectivity index (χ3v) is 5.77. The number of piperidine rings is 1. The lowest BCUT2D eigenvalue weighted by Gasteiger charge is -2.32. The second kappa shape index (κ2) is 9.35. The van der Waals surface area contributed by atoms with Gasteiger partial charge < -0.3 is 14.3 Å². The molecule has 1 aliphatic heterocycles. The van der Waals surface area contributed by atoms with Crippen LogP contribution in [0.4, 0.5) is 0 Å². The maximum Gasteiger partial charge on any atom is 0.320 e. The summed E-state index contributed by atoms with van der Waals surface area (Å²) in [4.78, 5) is 18.1. The summed E-state index contributed by atoms with van der Waals surface area (Å²) in [5, 5.41) is 9.44. The minimum Gasteiger partial charge on any atom is -0.487 e. The number of carbonyl (C=O) groups is 1. The Balaban J connectivity index is 1.36. The van der Waals surface area contributed by atoms with Gasteiger partial charge in [-0.15, -0.1) is 0 Å². The zero-order valence-corrected chi connectivity index (χ0v) is 18.0. The molecule has 1 saturated heterocycles. The van der Waals surface area contributed by atoms with E-state index in [2.05, 4.69) is 4.98 Å². The third kappa shape index (κ3) is 5.14. The zero-order valence-electron chi connectivity index (χ0n) is 18.0. The highest BCUT2D eigenvalue weighted by Gasteiger charge is 2.28. The molecule has 0 aliphatic carbocycles. The van der Waals surface area contributed by atoms with E-state index in [1.165, 1.54) is 5.56 Å². The smallest absolute Gasteiger partial charge is 0.320 e. The number of oxazole rings is 1. The Morgan fingerprint density at radius 1 is 1.13 bits per heavy atom. The summed E-state index contributed by atoms with van der Waals surface area (Å²) >= 11 is 0. The molecule has 0 saturated carbocycles. The Bertz CT molecular complexity index is 1020. The van der Waals surface area contributed by atoms with E-state index in [0.717, 1.165) is 54.1 Å². The summed E-state index contributed by atoms with van der Waals surface area (Å²) in [5.74, 6) is 1.36. The van der Waals surface area contributed by atoms with Crippen LogP contribution in [0.5, 0.6) is 5.75 Å². The van der Waals surface area contributed by atoms with Crippen molar-refractivity contribution in [2.24, 2.45) is 0 Å². The lowest BCUT2D eigenvalue weighted by atomic mass is 10.0. The van der Waals surface area contributed by atoms with Crippen molar-refractivity contribution >= 4 is 5.97 Å². The molecule has 31 heavy (non-hydrogen) atoms. The number of carboxylic acids is 1. The number of aryl methyl sites for hydroxylation is 2. The van der Waals surface area contributed by atoms with Gasteiger partial charge in [0.15, 0.2) is 0 Å². The van der Waals surface area contributed by atoms with Gasteiger partial charge in [0.1, 0.15) is 29.9 Å². The summed E-state index contributed by atoms with van der Waals surface area (Å²) in [5.41, 5.74) is 4.00. The van der Waals surface area contributed by atoms with E-state index in [1.54, 1.807) is 0 Å². The Kier molecular flexibility index (Phi) is 6.37. The number of rotatable bonds is 7. The fourth-order valence-corrected chi connectivity index (χ4v) is 3.92. The lowest BCUT2D eigenvalue weighted by molar-refractivity contribution is -0.144. The number of hydrogen-bond donors (Lipinski definition) is 1. The highest BCUT2D eigenvalue weighted by Crippen LogP contribution is 2.24. The first-order valence-corrected chi connectivity index (χ1v) is 10.7. The van der Waals surface area contributed by atoms with Gasteiger partial charge in [-0.05, 0) is 63.1 Å². The lowest BCUT2D eigenvalue weighted by Crippen LogP contribution is -2.43. The van der Waals surface area contributed by atoms with Crippen LogP contribution in [-0.2, 0) is 17.9 Å². The molecule has 1 atom stereocenters. The maximum atomic E-state index is 11.5. The highest BCUT2D eigenvalue weighted by molar-refractivity contribution is 5.73. The molecule has 162 valence electrons. The number of carboxylic acid groups (broad SMARTS) is 1. The first-order chi connectivity index (χ1) is 15.0. The number of aliphatic carboxylic acids is 1. The van der Waals surface area contributed by atoms with Gasteiger partial charge in [-0.2, -0.15) is 0 Å². The van der Waals surface area contributed by atoms with Gasteiger partial charge in [0, 0.05) is 12.1 Å². The summed E-state index contributed by atoms with van der Waals surface area (Å²) in [6.45, 7) is 5.73. The maximum absolute atomic E-state index is 11.5. The topological polar surface area (TPSA) is 75.8 Å². The molecule has 6 nitrogen and oxygen atoms in total. The summed E-state index contributed by atoms with van der Waals surface area (Å²) < 4.78 is 11.7. The minimum atomic E-state index is -0.729. The molecule has 0 unspecified atom stereocenters. The van der Waals surface area contributed by atoms with Gasteiger partial charge in [0.25, 0.3) is 0 Å². The van der Waals surface area contributed by atoms with Crippen LogP contribution in [-0.4, -0.2) is 33.5 Å². The van der Waals surface area contributed by atoms with Crippen molar-refractivity contribution in [3.8, 4) is 17.2 Å². The van der Waals surface area contributed by atoms with Crippen molar-refractivity contribution in [3.05, 3.63) is 71.1 Å². The van der Waals surface area contributed by atoms with E-state index in [1.807, 2.05) is 67.3 Å². The van der Waals surface area contributed by atoms with Crippen molar-refractivity contribution in [2.45, 2.75) is 52.3 Å².